The summed E-state index contributed by atoms with van der Waals surface area (Å²) in [4.78, 5) is 11.7. The number of nitrogens with one attached hydrogen (secondary N) is 2. The fourth-order valence-electron chi connectivity index (χ4n) is 2.09. The summed E-state index contributed by atoms with van der Waals surface area (Å²) in [6.07, 6.45) is 8.27. The molecule has 2 N–H and O–H groups in total. The summed E-state index contributed by atoms with van der Waals surface area (Å²) in [5, 5.41) is 9.59. The molecule has 0 aliphatic heterocycles. The van der Waals surface area contributed by atoms with E-state index in [0.717, 1.165) is 12.1 Å². The molecule has 4 nitrogen and oxygen atoms in total. The van der Waals surface area contributed by atoms with Gasteiger partial charge in [0.25, 0.3) is 5.91 Å². The van der Waals surface area contributed by atoms with Crippen molar-refractivity contribution in [3.8, 4) is 0 Å². The first-order valence-corrected chi connectivity index (χ1v) is 6.24. The van der Waals surface area contributed by atoms with Crippen molar-refractivity contribution < 1.29 is 4.79 Å². The van der Waals surface area contributed by atoms with E-state index in [4.69, 9.17) is 0 Å². The Bertz CT molecular complexity index is 420. The molecule has 0 aromatic carbocycles. The van der Waals surface area contributed by atoms with Gasteiger partial charge in [-0.2, -0.15) is 5.10 Å². The quantitative estimate of drug-likeness (QED) is 0.784. The predicted octanol–water partition coefficient (Wildman–Crippen LogP) is 2.34. The molecule has 0 radical (unpaired) electrons. The van der Waals surface area contributed by atoms with E-state index in [1.54, 1.807) is 6.07 Å². The molecule has 1 aliphatic carbocycles. The Balaban J connectivity index is 1.75. The number of rotatable bonds is 4. The molecule has 17 heavy (non-hydrogen) atoms. The molecule has 1 amide bonds. The summed E-state index contributed by atoms with van der Waals surface area (Å²) in [6.45, 7) is 2.59. The summed E-state index contributed by atoms with van der Waals surface area (Å²) in [6, 6.07) is 1.76. The van der Waals surface area contributed by atoms with Crippen molar-refractivity contribution in [1.82, 2.24) is 15.5 Å². The van der Waals surface area contributed by atoms with Gasteiger partial charge in [0.1, 0.15) is 5.69 Å². The highest BCUT2D eigenvalue weighted by Crippen LogP contribution is 2.19. The van der Waals surface area contributed by atoms with E-state index in [-0.39, 0.29) is 5.91 Å². The first-order chi connectivity index (χ1) is 8.25. The number of hydrogen-bond donors (Lipinski definition) is 2. The van der Waals surface area contributed by atoms with Crippen molar-refractivity contribution in [3.63, 3.8) is 0 Å². The van der Waals surface area contributed by atoms with Crippen LogP contribution in [-0.2, 0) is 0 Å². The van der Waals surface area contributed by atoms with Gasteiger partial charge in [-0.1, -0.05) is 11.6 Å². The Kier molecular flexibility index (Phi) is 3.96. The van der Waals surface area contributed by atoms with Crippen molar-refractivity contribution in [3.05, 3.63) is 29.1 Å². The zero-order valence-corrected chi connectivity index (χ0v) is 10.3. The summed E-state index contributed by atoms with van der Waals surface area (Å²) in [5.74, 6) is -0.0919. The number of carbonyl (C=O) groups excluding carboxylic acids is 1. The van der Waals surface area contributed by atoms with E-state index in [1.165, 1.54) is 31.3 Å². The summed E-state index contributed by atoms with van der Waals surface area (Å²) < 4.78 is 0. The monoisotopic (exact) mass is 233 g/mol. The molecule has 1 aromatic rings. The molecule has 1 aliphatic rings. The minimum absolute atomic E-state index is 0.0919. The van der Waals surface area contributed by atoms with Gasteiger partial charge in [0, 0.05) is 12.2 Å². The van der Waals surface area contributed by atoms with Gasteiger partial charge >= 0.3 is 0 Å². The topological polar surface area (TPSA) is 57.8 Å². The first-order valence-electron chi connectivity index (χ1n) is 6.24. The molecule has 0 saturated carbocycles. The van der Waals surface area contributed by atoms with Gasteiger partial charge in [0.05, 0.1) is 0 Å². The van der Waals surface area contributed by atoms with E-state index in [0.29, 0.717) is 12.2 Å². The lowest BCUT2D eigenvalue weighted by molar-refractivity contribution is 0.0949. The van der Waals surface area contributed by atoms with Gasteiger partial charge < -0.3 is 5.32 Å². The van der Waals surface area contributed by atoms with Crippen LogP contribution in [0.4, 0.5) is 0 Å². The largest absolute Gasteiger partial charge is 0.350 e. The van der Waals surface area contributed by atoms with Crippen LogP contribution in [0.5, 0.6) is 0 Å². The number of aryl methyl sites for hydroxylation is 1. The average Bonchev–Trinajstić information content (AvgIpc) is 2.77. The van der Waals surface area contributed by atoms with Crippen LogP contribution < -0.4 is 5.32 Å². The second kappa shape index (κ2) is 5.66. The number of aromatic nitrogens is 2. The number of H-pyrrole nitrogens is 1. The smallest absolute Gasteiger partial charge is 0.271 e. The third-order valence-corrected chi connectivity index (χ3v) is 3.06. The molecule has 0 bridgehead atoms. The highest BCUT2D eigenvalue weighted by atomic mass is 16.1. The molecule has 1 aromatic heterocycles. The normalized spacial score (nSPS) is 15.5. The molecule has 1 heterocycles. The van der Waals surface area contributed by atoms with Crippen LogP contribution in [0.3, 0.4) is 0 Å². The molecule has 0 unspecified atom stereocenters. The van der Waals surface area contributed by atoms with Gasteiger partial charge in [-0.3, -0.25) is 9.89 Å². The van der Waals surface area contributed by atoms with Crippen LogP contribution in [0.25, 0.3) is 0 Å². The Morgan fingerprint density at radius 3 is 3.06 bits per heavy atom. The van der Waals surface area contributed by atoms with Crippen molar-refractivity contribution in [2.45, 2.75) is 39.0 Å². The Morgan fingerprint density at radius 2 is 2.41 bits per heavy atom. The second-order valence-electron chi connectivity index (χ2n) is 4.55. The third kappa shape index (κ3) is 3.44. The third-order valence-electron chi connectivity index (χ3n) is 3.06. The lowest BCUT2D eigenvalue weighted by Crippen LogP contribution is -2.25. The number of allylic oxidation sites excluding steroid dienone is 1. The molecule has 2 rings (SSSR count). The standard InChI is InChI=1S/C13H19N3O/c1-10-9-12(16-15-10)13(17)14-8-7-11-5-3-2-4-6-11/h5,9H,2-4,6-8H2,1H3,(H,14,17)(H,15,16). The highest BCUT2D eigenvalue weighted by Gasteiger charge is 2.09. The van der Waals surface area contributed by atoms with Gasteiger partial charge in [-0.05, 0) is 45.1 Å². The molecule has 0 atom stereocenters. The van der Waals surface area contributed by atoms with Crippen molar-refractivity contribution in [1.29, 1.82) is 0 Å². The predicted molar refractivity (Wildman–Crippen MR) is 66.8 cm³/mol. The first kappa shape index (κ1) is 11.9. The van der Waals surface area contributed by atoms with E-state index in [9.17, 15) is 4.79 Å². The SMILES string of the molecule is Cc1cc(C(=O)NCCC2=CCCCC2)n[nH]1. The Hall–Kier alpha value is -1.58. The van der Waals surface area contributed by atoms with E-state index < -0.39 is 0 Å². The van der Waals surface area contributed by atoms with E-state index >= 15 is 0 Å². The number of carbonyl (C=O) groups is 1. The van der Waals surface area contributed by atoms with Crippen molar-refractivity contribution in [2.75, 3.05) is 6.54 Å². The van der Waals surface area contributed by atoms with E-state index in [1.807, 2.05) is 6.92 Å². The highest BCUT2D eigenvalue weighted by molar-refractivity contribution is 5.92. The van der Waals surface area contributed by atoms with Crippen LogP contribution >= 0.6 is 0 Å². The lowest BCUT2D eigenvalue weighted by Gasteiger charge is -2.12. The molecule has 0 spiro atoms. The summed E-state index contributed by atoms with van der Waals surface area (Å²) in [7, 11) is 0. The number of aromatic amines is 1. The Morgan fingerprint density at radius 1 is 1.53 bits per heavy atom. The molecule has 0 saturated heterocycles. The summed E-state index contributed by atoms with van der Waals surface area (Å²) in [5.41, 5.74) is 2.86. The zero-order valence-electron chi connectivity index (χ0n) is 10.3. The van der Waals surface area contributed by atoms with Crippen LogP contribution in [0.15, 0.2) is 17.7 Å². The zero-order chi connectivity index (χ0) is 12.1. The van der Waals surface area contributed by atoms with Gasteiger partial charge in [-0.25, -0.2) is 0 Å². The maximum absolute atomic E-state index is 11.7. The molecular formula is C13H19N3O. The molecular weight excluding hydrogens is 214 g/mol. The average molecular weight is 233 g/mol. The fourth-order valence-corrected chi connectivity index (χ4v) is 2.09. The van der Waals surface area contributed by atoms with Crippen LogP contribution in [0, 0.1) is 6.92 Å². The van der Waals surface area contributed by atoms with Crippen molar-refractivity contribution >= 4 is 5.91 Å². The minimum Gasteiger partial charge on any atom is -0.350 e. The van der Waals surface area contributed by atoms with Crippen LogP contribution in [0.2, 0.25) is 0 Å². The second-order valence-corrected chi connectivity index (χ2v) is 4.55. The summed E-state index contributed by atoms with van der Waals surface area (Å²) >= 11 is 0. The molecule has 4 heteroatoms. The molecule has 92 valence electrons. The van der Waals surface area contributed by atoms with Gasteiger partial charge in [-0.15, -0.1) is 0 Å². The fraction of sp³-hybridized carbons (Fsp3) is 0.538. The van der Waals surface area contributed by atoms with Crippen LogP contribution in [-0.4, -0.2) is 22.6 Å². The maximum atomic E-state index is 11.7. The minimum atomic E-state index is -0.0919. The van der Waals surface area contributed by atoms with Crippen LogP contribution in [0.1, 0.15) is 48.3 Å². The number of amides is 1. The Labute approximate surface area is 101 Å². The number of nitrogens with zero attached hydrogens (tertiary/aromatic N) is 1. The van der Waals surface area contributed by atoms with Crippen molar-refractivity contribution in [2.24, 2.45) is 0 Å². The molecule has 0 fully saturated rings. The maximum Gasteiger partial charge on any atom is 0.271 e. The van der Waals surface area contributed by atoms with E-state index in [2.05, 4.69) is 21.6 Å². The van der Waals surface area contributed by atoms with Gasteiger partial charge in [0.2, 0.25) is 0 Å². The number of hydrogen-bond acceptors (Lipinski definition) is 2. The lowest BCUT2D eigenvalue weighted by atomic mass is 9.97. The van der Waals surface area contributed by atoms with Gasteiger partial charge in [0.15, 0.2) is 0 Å².